The molecule has 1 heterocycles. The quantitative estimate of drug-likeness (QED) is 0.676. The first-order valence-electron chi connectivity index (χ1n) is 11.2. The van der Waals surface area contributed by atoms with E-state index in [0.29, 0.717) is 18.4 Å². The molecule has 1 spiro atoms. The summed E-state index contributed by atoms with van der Waals surface area (Å²) in [6, 6.07) is 0.327. The van der Waals surface area contributed by atoms with E-state index in [4.69, 9.17) is 4.74 Å². The second-order valence-corrected chi connectivity index (χ2v) is 11.1. The number of fused-ring (bicyclic) bond motifs is 2. The molecule has 0 aromatic carbocycles. The van der Waals surface area contributed by atoms with E-state index in [0.717, 1.165) is 32.4 Å². The Morgan fingerprint density at radius 3 is 2.67 bits per heavy atom. The molecule has 0 radical (unpaired) electrons. The van der Waals surface area contributed by atoms with Crippen molar-refractivity contribution in [2.24, 2.45) is 40.4 Å². The Morgan fingerprint density at radius 2 is 1.96 bits per heavy atom. The van der Waals surface area contributed by atoms with Crippen LogP contribution in [0.2, 0.25) is 0 Å². The molecule has 0 amide bonds. The summed E-state index contributed by atoms with van der Waals surface area (Å²) in [6.45, 7) is 6.85. The Morgan fingerprint density at radius 1 is 1.19 bits per heavy atom. The number of aliphatic hydroxyl groups excluding tert-OH is 2. The Labute approximate surface area is 162 Å². The molecule has 6 rings (SSSR count). The lowest BCUT2D eigenvalue weighted by molar-refractivity contribution is -0.269. The Bertz CT molecular complexity index is 673. The molecule has 6 aliphatic rings. The average Bonchev–Trinajstić information content (AvgIpc) is 3.06. The monoisotopic (exact) mass is 377 g/mol. The van der Waals surface area contributed by atoms with Crippen LogP contribution in [0.5, 0.6) is 0 Å². The molecule has 1 saturated heterocycles. The molecule has 5 nitrogen and oxygen atoms in total. The lowest BCUT2D eigenvalue weighted by Crippen LogP contribution is -2.75. The van der Waals surface area contributed by atoms with Gasteiger partial charge in [-0.3, -0.25) is 4.90 Å². The molecule has 5 aliphatic carbocycles. The zero-order valence-corrected chi connectivity index (χ0v) is 16.8. The number of rotatable bonds is 2. The highest BCUT2D eigenvalue weighted by Crippen LogP contribution is 2.78. The second-order valence-electron chi connectivity index (χ2n) is 11.1. The van der Waals surface area contributed by atoms with E-state index < -0.39 is 17.8 Å². The van der Waals surface area contributed by atoms with E-state index in [2.05, 4.69) is 18.7 Å². The van der Waals surface area contributed by atoms with E-state index in [1.807, 2.05) is 7.11 Å². The largest absolute Gasteiger partial charge is 0.393 e. The maximum absolute atomic E-state index is 12.0. The fourth-order valence-electron chi connectivity index (χ4n) is 10.1. The number of hydrogen-bond acceptors (Lipinski definition) is 5. The molecule has 6 fully saturated rings. The minimum absolute atomic E-state index is 0.0252. The molecule has 5 heteroatoms. The van der Waals surface area contributed by atoms with E-state index in [1.165, 1.54) is 6.42 Å². The summed E-state index contributed by atoms with van der Waals surface area (Å²) in [7, 11) is 1.87. The maximum atomic E-state index is 12.0. The van der Waals surface area contributed by atoms with E-state index in [9.17, 15) is 15.3 Å². The van der Waals surface area contributed by atoms with E-state index in [1.54, 1.807) is 0 Å². The van der Waals surface area contributed by atoms with Crippen LogP contribution in [0.25, 0.3) is 0 Å². The first-order chi connectivity index (χ1) is 12.8. The van der Waals surface area contributed by atoms with Crippen LogP contribution in [-0.2, 0) is 4.74 Å². The highest BCUT2D eigenvalue weighted by Gasteiger charge is 2.82. The standard InChI is InChI=1S/C22H35NO4/c1-4-23-10-20(2)6-5-16(27-3)22-12-7-11-14(24)9-21(26,17(12)18(11)25)13(19(22)23)8-15(20)22/h11-19,24-26H,4-10H2,1-3H3/t11-,12-,13+,14-,15-,16+,17-,18+,19-,20+,21+,22-/m1/s1. The number of hydrogen-bond donors (Lipinski definition) is 3. The van der Waals surface area contributed by atoms with Crippen molar-refractivity contribution in [3.05, 3.63) is 0 Å². The molecule has 0 aromatic rings. The van der Waals surface area contributed by atoms with Gasteiger partial charge in [-0.15, -0.1) is 0 Å². The first-order valence-corrected chi connectivity index (χ1v) is 11.2. The molecule has 152 valence electrons. The lowest BCUT2D eigenvalue weighted by atomic mass is 9.43. The third-order valence-electron chi connectivity index (χ3n) is 10.7. The van der Waals surface area contributed by atoms with Gasteiger partial charge in [0.2, 0.25) is 0 Å². The molecule has 7 bridgehead atoms. The Kier molecular flexibility index (Phi) is 3.33. The summed E-state index contributed by atoms with van der Waals surface area (Å²) in [6.07, 6.45) is 3.68. The number of likely N-dealkylation sites (tertiary alicyclic amines) is 1. The number of nitrogens with zero attached hydrogens (tertiary/aromatic N) is 1. The smallest absolute Gasteiger partial charge is 0.0771 e. The van der Waals surface area contributed by atoms with Crippen molar-refractivity contribution in [2.75, 3.05) is 20.2 Å². The van der Waals surface area contributed by atoms with E-state index in [-0.39, 0.29) is 40.6 Å². The molecule has 12 atom stereocenters. The van der Waals surface area contributed by atoms with Crippen molar-refractivity contribution < 1.29 is 20.1 Å². The van der Waals surface area contributed by atoms with Crippen LogP contribution in [0.4, 0.5) is 0 Å². The Hall–Kier alpha value is -0.200. The van der Waals surface area contributed by atoms with E-state index >= 15 is 0 Å². The van der Waals surface area contributed by atoms with Crippen molar-refractivity contribution >= 4 is 0 Å². The van der Waals surface area contributed by atoms with Gasteiger partial charge in [-0.25, -0.2) is 0 Å². The van der Waals surface area contributed by atoms with Crippen molar-refractivity contribution in [2.45, 2.75) is 75.9 Å². The minimum atomic E-state index is -0.930. The molecule has 3 N–H and O–H groups in total. The molecular weight excluding hydrogens is 342 g/mol. The maximum Gasteiger partial charge on any atom is 0.0771 e. The summed E-state index contributed by atoms with van der Waals surface area (Å²) in [5.41, 5.74) is -0.634. The van der Waals surface area contributed by atoms with Gasteiger partial charge in [0.1, 0.15) is 0 Å². The van der Waals surface area contributed by atoms with Gasteiger partial charge in [-0.1, -0.05) is 13.8 Å². The van der Waals surface area contributed by atoms with Crippen LogP contribution < -0.4 is 0 Å². The first kappa shape index (κ1) is 17.6. The number of ether oxygens (including phenoxy) is 1. The SMILES string of the molecule is CCN1C[C@]2(C)CC[C@H](OC)[C@@]34[C@@H]5C[C@H]6[C@H](O)[C@@H]5[C@](O)(C[C@H]6O)[C@@H](C[C@H]23)[C@@H]14. The minimum Gasteiger partial charge on any atom is -0.393 e. The fraction of sp³-hybridized carbons (Fsp3) is 1.00. The van der Waals surface area contributed by atoms with Crippen LogP contribution in [0, 0.1) is 40.4 Å². The van der Waals surface area contributed by atoms with Crippen LogP contribution in [-0.4, -0.2) is 70.4 Å². The van der Waals surface area contributed by atoms with Gasteiger partial charge in [0, 0.05) is 49.3 Å². The molecule has 1 aliphatic heterocycles. The van der Waals surface area contributed by atoms with Gasteiger partial charge in [0.05, 0.1) is 23.9 Å². The molecular formula is C22H35NO4. The van der Waals surface area contributed by atoms with Crippen LogP contribution >= 0.6 is 0 Å². The molecule has 0 unspecified atom stereocenters. The van der Waals surface area contributed by atoms with Crippen LogP contribution in [0.3, 0.4) is 0 Å². The summed E-state index contributed by atoms with van der Waals surface area (Å²) >= 11 is 0. The molecule has 27 heavy (non-hydrogen) atoms. The number of methoxy groups -OCH3 is 1. The van der Waals surface area contributed by atoms with Gasteiger partial charge in [-0.2, -0.15) is 0 Å². The summed E-state index contributed by atoms with van der Waals surface area (Å²) in [5, 5.41) is 34.0. The third-order valence-corrected chi connectivity index (χ3v) is 10.7. The molecule has 5 saturated carbocycles. The zero-order chi connectivity index (χ0) is 18.9. The summed E-state index contributed by atoms with van der Waals surface area (Å²) in [5.74, 6) is 0.797. The Balaban J connectivity index is 1.61. The number of aliphatic hydroxyl groups is 3. The van der Waals surface area contributed by atoms with Gasteiger partial charge in [0.15, 0.2) is 0 Å². The van der Waals surface area contributed by atoms with Gasteiger partial charge < -0.3 is 20.1 Å². The summed E-state index contributed by atoms with van der Waals surface area (Å²) in [4.78, 5) is 2.65. The zero-order valence-electron chi connectivity index (χ0n) is 16.8. The fourth-order valence-corrected chi connectivity index (χ4v) is 10.1. The lowest BCUT2D eigenvalue weighted by Gasteiger charge is -2.69. The third kappa shape index (κ3) is 1.66. The van der Waals surface area contributed by atoms with Crippen molar-refractivity contribution in [1.82, 2.24) is 4.90 Å². The predicted octanol–water partition coefficient (Wildman–Crippen LogP) is 1.25. The number of piperidine rings is 1. The van der Waals surface area contributed by atoms with Crippen molar-refractivity contribution in [3.63, 3.8) is 0 Å². The summed E-state index contributed by atoms with van der Waals surface area (Å²) < 4.78 is 6.21. The predicted molar refractivity (Wildman–Crippen MR) is 99.9 cm³/mol. The van der Waals surface area contributed by atoms with Crippen molar-refractivity contribution in [1.29, 1.82) is 0 Å². The van der Waals surface area contributed by atoms with Crippen LogP contribution in [0.1, 0.15) is 46.0 Å². The van der Waals surface area contributed by atoms with Gasteiger partial charge in [-0.05, 0) is 49.5 Å². The van der Waals surface area contributed by atoms with Crippen LogP contribution in [0.15, 0.2) is 0 Å². The topological polar surface area (TPSA) is 73.2 Å². The van der Waals surface area contributed by atoms with Gasteiger partial charge in [0.25, 0.3) is 0 Å². The van der Waals surface area contributed by atoms with Gasteiger partial charge >= 0.3 is 0 Å². The normalized spacial score (nSPS) is 66.2. The highest BCUT2D eigenvalue weighted by molar-refractivity contribution is 5.32. The second kappa shape index (κ2) is 5.10. The average molecular weight is 378 g/mol. The van der Waals surface area contributed by atoms with Crippen molar-refractivity contribution in [3.8, 4) is 0 Å². The molecule has 0 aromatic heterocycles. The highest BCUT2D eigenvalue weighted by atomic mass is 16.5.